The van der Waals surface area contributed by atoms with Crippen molar-refractivity contribution in [1.82, 2.24) is 0 Å². The van der Waals surface area contributed by atoms with Gasteiger partial charge in [0.15, 0.2) is 0 Å². The van der Waals surface area contributed by atoms with Crippen molar-refractivity contribution in [3.05, 3.63) is 182 Å². The third-order valence-corrected chi connectivity index (χ3v) is 32.0. The summed E-state index contributed by atoms with van der Waals surface area (Å²) in [6.45, 7) is 0. The van der Waals surface area contributed by atoms with E-state index in [0.29, 0.717) is 0 Å². The molecule has 6 aromatic carbocycles. The fourth-order valence-electron chi connectivity index (χ4n) is 5.62. The van der Waals surface area contributed by atoms with Gasteiger partial charge in [-0.05, 0) is 0 Å². The van der Waals surface area contributed by atoms with Crippen molar-refractivity contribution >= 4 is 54.9 Å². The molecule has 0 radical (unpaired) electrons. The van der Waals surface area contributed by atoms with Gasteiger partial charge in [0, 0.05) is 0 Å². The Morgan fingerprint density at radius 1 is 0.308 bits per heavy atom. The Balaban J connectivity index is 1.76. The minimum absolute atomic E-state index is 1.26. The summed E-state index contributed by atoms with van der Waals surface area (Å²) in [7, 11) is -3.01. The van der Waals surface area contributed by atoms with E-state index in [1.165, 1.54) is 24.9 Å². The first kappa shape index (κ1) is 25.7. The topological polar surface area (TPSA) is 9.23 Å². The summed E-state index contributed by atoms with van der Waals surface area (Å²) in [4.78, 5) is 0. The average molecular weight is 714 g/mol. The third kappa shape index (κ3) is 4.84. The average Bonchev–Trinajstić information content (AvgIpc) is 3.04. The molecule has 6 rings (SSSR count). The maximum atomic E-state index is 8.30. The van der Waals surface area contributed by atoms with Crippen molar-refractivity contribution in [2.45, 2.75) is 0 Å². The Hall–Kier alpha value is -3.58. The molecule has 6 aromatic rings. The molecule has 0 saturated heterocycles. The van der Waals surface area contributed by atoms with Crippen LogP contribution in [-0.4, -0.2) is 29.9 Å². The van der Waals surface area contributed by atoms with Gasteiger partial charge in [-0.15, -0.1) is 0 Å². The van der Waals surface area contributed by atoms with Crippen LogP contribution >= 0.6 is 0 Å². The molecule has 0 atom stereocenters. The van der Waals surface area contributed by atoms with Gasteiger partial charge in [-0.2, -0.15) is 0 Å². The van der Waals surface area contributed by atoms with E-state index in [1.807, 2.05) is 0 Å². The first-order chi connectivity index (χ1) is 19.3. The SMILES string of the molecule is c1ccc([Si]([O][Pb]([c]2ccccc2)([c]2ccccc2)[c]2ccccc2)(c2ccccc2)c2ccccc2)cc1. The first-order valence-corrected chi connectivity index (χ1v) is 22.7. The van der Waals surface area contributed by atoms with E-state index in [2.05, 4.69) is 182 Å². The molecule has 0 saturated carbocycles. The Bertz CT molecular complexity index is 1280. The Labute approximate surface area is 237 Å². The second-order valence-corrected chi connectivity index (χ2v) is 27.4. The molecular weight excluding hydrogens is 684 g/mol. The van der Waals surface area contributed by atoms with Crippen LogP contribution in [0.25, 0.3) is 0 Å². The van der Waals surface area contributed by atoms with E-state index in [4.69, 9.17) is 2.38 Å². The molecule has 188 valence electrons. The fourth-order valence-corrected chi connectivity index (χ4v) is 35.0. The van der Waals surface area contributed by atoms with Crippen LogP contribution in [0.3, 0.4) is 0 Å². The maximum absolute atomic E-state index is 8.30. The van der Waals surface area contributed by atoms with Gasteiger partial charge in [-0.3, -0.25) is 0 Å². The van der Waals surface area contributed by atoms with Crippen LogP contribution in [0.5, 0.6) is 0 Å². The van der Waals surface area contributed by atoms with Gasteiger partial charge in [0.05, 0.1) is 0 Å². The molecule has 0 aromatic heterocycles. The predicted molar refractivity (Wildman–Crippen MR) is 169 cm³/mol. The summed E-state index contributed by atoms with van der Waals surface area (Å²) in [6.07, 6.45) is 0. The number of hydrogen-bond acceptors (Lipinski definition) is 1. The zero-order valence-corrected chi connectivity index (χ0v) is 26.6. The summed E-state index contributed by atoms with van der Waals surface area (Å²) in [5.41, 5.74) is 0. The summed E-state index contributed by atoms with van der Waals surface area (Å²) in [6, 6.07) is 65.9. The Morgan fingerprint density at radius 2 is 0.538 bits per heavy atom. The molecule has 0 unspecified atom stereocenters. The van der Waals surface area contributed by atoms with E-state index >= 15 is 0 Å². The second-order valence-electron chi connectivity index (χ2n) is 9.66. The summed E-state index contributed by atoms with van der Waals surface area (Å²) in [5.74, 6) is 0. The summed E-state index contributed by atoms with van der Waals surface area (Å²) >= 11 is -4.36. The van der Waals surface area contributed by atoms with Gasteiger partial charge in [0.2, 0.25) is 0 Å². The molecule has 0 bridgehead atoms. The van der Waals surface area contributed by atoms with Crippen LogP contribution in [0, 0.1) is 0 Å². The van der Waals surface area contributed by atoms with Crippen molar-refractivity contribution in [2.75, 3.05) is 0 Å². The van der Waals surface area contributed by atoms with Gasteiger partial charge >= 0.3 is 239 Å². The minimum atomic E-state index is -4.36. The van der Waals surface area contributed by atoms with E-state index in [0.717, 1.165) is 0 Å². The van der Waals surface area contributed by atoms with Gasteiger partial charge in [0.1, 0.15) is 0 Å². The van der Waals surface area contributed by atoms with Crippen LogP contribution in [0.2, 0.25) is 0 Å². The van der Waals surface area contributed by atoms with Gasteiger partial charge in [0.25, 0.3) is 0 Å². The fraction of sp³-hybridized carbons (Fsp3) is 0. The molecule has 1 nitrogen and oxygen atoms in total. The van der Waals surface area contributed by atoms with Crippen LogP contribution in [-0.2, 0) is 2.38 Å². The summed E-state index contributed by atoms with van der Waals surface area (Å²) < 4.78 is 12.3. The first-order valence-electron chi connectivity index (χ1n) is 13.4. The van der Waals surface area contributed by atoms with Gasteiger partial charge in [-0.1, -0.05) is 0 Å². The monoisotopic (exact) mass is 714 g/mol. The third-order valence-electron chi connectivity index (χ3n) is 7.39. The zero-order valence-electron chi connectivity index (χ0n) is 21.7. The quantitative estimate of drug-likeness (QED) is 0.169. The number of rotatable bonds is 8. The van der Waals surface area contributed by atoms with E-state index < -0.39 is 29.9 Å². The Morgan fingerprint density at radius 3 is 0.795 bits per heavy atom. The second kappa shape index (κ2) is 11.7. The molecule has 0 amide bonds. The van der Waals surface area contributed by atoms with Crippen molar-refractivity contribution in [3.8, 4) is 0 Å². The molecule has 0 aliphatic carbocycles. The normalized spacial score (nSPS) is 11.7. The molecular formula is C36H30OPbSi. The van der Waals surface area contributed by atoms with Crippen LogP contribution in [0.15, 0.2) is 182 Å². The molecule has 3 heteroatoms. The molecule has 0 aliphatic heterocycles. The Kier molecular flexibility index (Phi) is 7.68. The van der Waals surface area contributed by atoms with Crippen molar-refractivity contribution in [3.63, 3.8) is 0 Å². The van der Waals surface area contributed by atoms with E-state index in [9.17, 15) is 0 Å². The van der Waals surface area contributed by atoms with Crippen molar-refractivity contribution < 1.29 is 2.38 Å². The van der Waals surface area contributed by atoms with Crippen molar-refractivity contribution in [1.29, 1.82) is 0 Å². The molecule has 0 spiro atoms. The van der Waals surface area contributed by atoms with Gasteiger partial charge in [-0.25, -0.2) is 0 Å². The molecule has 0 N–H and O–H groups in total. The predicted octanol–water partition coefficient (Wildman–Crippen LogP) is 4.34. The number of benzene rings is 6. The molecule has 39 heavy (non-hydrogen) atoms. The number of hydrogen-bond donors (Lipinski definition) is 0. The van der Waals surface area contributed by atoms with Crippen LogP contribution in [0.1, 0.15) is 0 Å². The zero-order chi connectivity index (χ0) is 26.4. The standard InChI is InChI=1S/C18H15OSi.3C6H5.Pb/c19-20(16-10-4-1-5-11-16,17-12-6-2-7-13-17)18-14-8-3-9-15-18;3*1-2-4-6-5-3-1;/h1-15H;3*1-5H;/q-1;;;;+1. The summed E-state index contributed by atoms with van der Waals surface area (Å²) in [5, 5.41) is 3.78. The van der Waals surface area contributed by atoms with E-state index in [1.54, 1.807) is 0 Å². The van der Waals surface area contributed by atoms with Crippen LogP contribution in [0.4, 0.5) is 0 Å². The molecule has 0 aliphatic rings. The molecule has 0 heterocycles. The van der Waals surface area contributed by atoms with Crippen molar-refractivity contribution in [2.24, 2.45) is 0 Å². The van der Waals surface area contributed by atoms with Crippen LogP contribution < -0.4 is 24.9 Å². The van der Waals surface area contributed by atoms with E-state index in [-0.39, 0.29) is 0 Å². The molecule has 0 fully saturated rings. The van der Waals surface area contributed by atoms with Gasteiger partial charge < -0.3 is 0 Å².